The van der Waals surface area contributed by atoms with Crippen LogP contribution in [0.3, 0.4) is 0 Å². The smallest absolute Gasteiger partial charge is 0.220 e. The Kier molecular flexibility index (Phi) is 3.25. The summed E-state index contributed by atoms with van der Waals surface area (Å²) >= 11 is 0. The van der Waals surface area contributed by atoms with E-state index in [2.05, 4.69) is 10.6 Å². The van der Waals surface area contributed by atoms with Crippen LogP contribution in [0.15, 0.2) is 34.7 Å². The van der Waals surface area contributed by atoms with Crippen LogP contribution in [0.2, 0.25) is 0 Å². The van der Waals surface area contributed by atoms with Gasteiger partial charge in [0.15, 0.2) is 0 Å². The minimum absolute atomic E-state index is 0.0899. The van der Waals surface area contributed by atoms with Gasteiger partial charge in [0.1, 0.15) is 11.3 Å². The zero-order valence-electron chi connectivity index (χ0n) is 11.0. The molecule has 100 valence electrons. The van der Waals surface area contributed by atoms with Crippen molar-refractivity contribution in [1.29, 1.82) is 0 Å². The van der Waals surface area contributed by atoms with Crippen LogP contribution in [0.5, 0.6) is 0 Å². The molecule has 1 unspecified atom stereocenters. The average Bonchev–Trinajstić information content (AvgIpc) is 2.77. The maximum Gasteiger partial charge on any atom is 0.220 e. The summed E-state index contributed by atoms with van der Waals surface area (Å²) in [6.07, 6.45) is 0.595. The molecule has 2 N–H and O–H groups in total. The van der Waals surface area contributed by atoms with Gasteiger partial charge in [-0.25, -0.2) is 0 Å². The van der Waals surface area contributed by atoms with Gasteiger partial charge in [0.25, 0.3) is 0 Å². The Morgan fingerprint density at radius 2 is 2.26 bits per heavy atom. The second kappa shape index (κ2) is 5.05. The monoisotopic (exact) mass is 258 g/mol. The summed E-state index contributed by atoms with van der Waals surface area (Å²) in [5.74, 6) is 1.39. The maximum atomic E-state index is 11.9. The summed E-state index contributed by atoms with van der Waals surface area (Å²) in [5, 5.41) is 7.24. The summed E-state index contributed by atoms with van der Waals surface area (Å²) in [7, 11) is 0. The molecule has 3 rings (SSSR count). The first-order valence-electron chi connectivity index (χ1n) is 6.71. The Morgan fingerprint density at radius 3 is 2.95 bits per heavy atom. The Morgan fingerprint density at radius 1 is 1.47 bits per heavy atom. The first kappa shape index (κ1) is 12.2. The van der Waals surface area contributed by atoms with Gasteiger partial charge in [-0.15, -0.1) is 0 Å². The number of hydrogen-bond donors (Lipinski definition) is 2. The van der Waals surface area contributed by atoms with Gasteiger partial charge in [-0.1, -0.05) is 18.2 Å². The molecular weight excluding hydrogens is 240 g/mol. The van der Waals surface area contributed by atoms with E-state index in [0.29, 0.717) is 12.3 Å². The van der Waals surface area contributed by atoms with Gasteiger partial charge in [0, 0.05) is 11.8 Å². The van der Waals surface area contributed by atoms with E-state index < -0.39 is 0 Å². The highest BCUT2D eigenvalue weighted by Gasteiger charge is 2.21. The molecule has 1 aromatic heterocycles. The quantitative estimate of drug-likeness (QED) is 0.884. The van der Waals surface area contributed by atoms with E-state index in [1.54, 1.807) is 0 Å². The van der Waals surface area contributed by atoms with Crippen molar-refractivity contribution in [2.24, 2.45) is 5.92 Å². The molecular formula is C15H18N2O2. The molecule has 1 aliphatic heterocycles. The molecule has 2 heterocycles. The van der Waals surface area contributed by atoms with Gasteiger partial charge < -0.3 is 15.1 Å². The molecule has 0 saturated carbocycles. The lowest BCUT2D eigenvalue weighted by atomic mass is 9.99. The largest absolute Gasteiger partial charge is 0.459 e. The van der Waals surface area contributed by atoms with E-state index in [1.165, 1.54) is 0 Å². The summed E-state index contributed by atoms with van der Waals surface area (Å²) in [6.45, 7) is 3.85. The summed E-state index contributed by atoms with van der Waals surface area (Å²) in [4.78, 5) is 11.9. The second-order valence-electron chi connectivity index (χ2n) is 5.20. The number of rotatable bonds is 4. The zero-order valence-corrected chi connectivity index (χ0v) is 11.0. The second-order valence-corrected chi connectivity index (χ2v) is 5.20. The SMILES string of the molecule is CC(NC(=O)CC1CNC1)c1cc2ccccc2o1. The number of para-hydroxylation sites is 1. The van der Waals surface area contributed by atoms with Gasteiger partial charge in [-0.05, 0) is 38.1 Å². The fraction of sp³-hybridized carbons (Fsp3) is 0.400. The van der Waals surface area contributed by atoms with Crippen LogP contribution in [-0.2, 0) is 4.79 Å². The normalized spacial score (nSPS) is 17.1. The summed E-state index contributed by atoms with van der Waals surface area (Å²) in [6, 6.07) is 9.78. The van der Waals surface area contributed by atoms with Crippen LogP contribution in [-0.4, -0.2) is 19.0 Å². The lowest BCUT2D eigenvalue weighted by molar-refractivity contribution is -0.123. The first-order valence-corrected chi connectivity index (χ1v) is 6.71. The van der Waals surface area contributed by atoms with E-state index in [-0.39, 0.29) is 11.9 Å². The van der Waals surface area contributed by atoms with Crippen LogP contribution in [0.4, 0.5) is 0 Å². The summed E-state index contributed by atoms with van der Waals surface area (Å²) in [5.41, 5.74) is 0.863. The molecule has 1 aromatic carbocycles. The maximum absolute atomic E-state index is 11.9. The fourth-order valence-electron chi connectivity index (χ4n) is 2.34. The van der Waals surface area contributed by atoms with Gasteiger partial charge in [-0.3, -0.25) is 4.79 Å². The van der Waals surface area contributed by atoms with Crippen molar-refractivity contribution in [3.05, 3.63) is 36.1 Å². The van der Waals surface area contributed by atoms with Crippen molar-refractivity contribution in [2.45, 2.75) is 19.4 Å². The first-order chi connectivity index (χ1) is 9.22. The highest BCUT2D eigenvalue weighted by molar-refractivity contribution is 5.79. The third-order valence-electron chi connectivity index (χ3n) is 3.59. The standard InChI is InChI=1S/C15H18N2O2/c1-10(17-15(18)6-11-8-16-9-11)14-7-12-4-2-3-5-13(12)19-14/h2-5,7,10-11,16H,6,8-9H2,1H3,(H,17,18). The summed E-state index contributed by atoms with van der Waals surface area (Å²) < 4.78 is 5.75. The highest BCUT2D eigenvalue weighted by Crippen LogP contribution is 2.23. The Balaban J connectivity index is 1.65. The number of fused-ring (bicyclic) bond motifs is 1. The Hall–Kier alpha value is -1.81. The number of hydrogen-bond acceptors (Lipinski definition) is 3. The zero-order chi connectivity index (χ0) is 13.2. The van der Waals surface area contributed by atoms with Crippen molar-refractivity contribution in [1.82, 2.24) is 10.6 Å². The molecule has 4 heteroatoms. The van der Waals surface area contributed by atoms with Crippen molar-refractivity contribution >= 4 is 16.9 Å². The van der Waals surface area contributed by atoms with Gasteiger partial charge in [0.2, 0.25) is 5.91 Å². The van der Waals surface area contributed by atoms with Crippen molar-refractivity contribution < 1.29 is 9.21 Å². The van der Waals surface area contributed by atoms with Crippen LogP contribution in [0, 0.1) is 5.92 Å². The number of amides is 1. The molecule has 1 aliphatic rings. The third-order valence-corrected chi connectivity index (χ3v) is 3.59. The van der Waals surface area contributed by atoms with E-state index in [1.807, 2.05) is 37.3 Å². The fourth-order valence-corrected chi connectivity index (χ4v) is 2.34. The predicted octanol–water partition coefficient (Wildman–Crippen LogP) is 2.22. The molecule has 0 aliphatic carbocycles. The van der Waals surface area contributed by atoms with Gasteiger partial charge in [-0.2, -0.15) is 0 Å². The van der Waals surface area contributed by atoms with E-state index in [9.17, 15) is 4.79 Å². The molecule has 0 spiro atoms. The lowest BCUT2D eigenvalue weighted by Crippen LogP contribution is -2.44. The van der Waals surface area contributed by atoms with Gasteiger partial charge >= 0.3 is 0 Å². The van der Waals surface area contributed by atoms with Crippen molar-refractivity contribution in [3.63, 3.8) is 0 Å². The molecule has 2 aromatic rings. The number of carbonyl (C=O) groups excluding carboxylic acids is 1. The van der Waals surface area contributed by atoms with E-state index in [4.69, 9.17) is 4.42 Å². The van der Waals surface area contributed by atoms with Gasteiger partial charge in [0.05, 0.1) is 6.04 Å². The topological polar surface area (TPSA) is 54.3 Å². The van der Waals surface area contributed by atoms with Crippen LogP contribution in [0.25, 0.3) is 11.0 Å². The molecule has 19 heavy (non-hydrogen) atoms. The predicted molar refractivity (Wildman–Crippen MR) is 73.7 cm³/mol. The molecule has 1 saturated heterocycles. The number of benzene rings is 1. The minimum Gasteiger partial charge on any atom is -0.459 e. The number of furan rings is 1. The number of carbonyl (C=O) groups is 1. The van der Waals surface area contributed by atoms with Crippen molar-refractivity contribution in [3.8, 4) is 0 Å². The lowest BCUT2D eigenvalue weighted by Gasteiger charge is -2.26. The van der Waals surface area contributed by atoms with Crippen LogP contribution >= 0.6 is 0 Å². The molecule has 0 bridgehead atoms. The third kappa shape index (κ3) is 2.63. The molecule has 0 radical (unpaired) electrons. The van der Waals surface area contributed by atoms with Crippen LogP contribution < -0.4 is 10.6 Å². The van der Waals surface area contributed by atoms with E-state index in [0.717, 1.165) is 29.8 Å². The number of nitrogens with one attached hydrogen (secondary N) is 2. The minimum atomic E-state index is -0.0899. The molecule has 4 nitrogen and oxygen atoms in total. The highest BCUT2D eigenvalue weighted by atomic mass is 16.3. The van der Waals surface area contributed by atoms with Crippen LogP contribution in [0.1, 0.15) is 25.1 Å². The average molecular weight is 258 g/mol. The molecule has 1 amide bonds. The van der Waals surface area contributed by atoms with E-state index >= 15 is 0 Å². The Labute approximate surface area is 112 Å². The Bertz CT molecular complexity index is 554. The molecule has 1 fully saturated rings. The molecule has 1 atom stereocenters. The van der Waals surface area contributed by atoms with Crippen molar-refractivity contribution in [2.75, 3.05) is 13.1 Å².